The Morgan fingerprint density at radius 1 is 1.06 bits per heavy atom. The molecule has 2 rings (SSSR count). The van der Waals surface area contributed by atoms with E-state index in [1.807, 2.05) is 0 Å². The topological polar surface area (TPSA) is 15.3 Å². The summed E-state index contributed by atoms with van der Waals surface area (Å²) in [5.41, 5.74) is 0. The van der Waals surface area contributed by atoms with Gasteiger partial charge in [-0.2, -0.15) is 0 Å². The quantitative estimate of drug-likeness (QED) is 0.772. The first kappa shape index (κ1) is 12.4. The molecule has 2 heteroatoms. The summed E-state index contributed by atoms with van der Waals surface area (Å²) in [6.45, 7) is 7.61. The molecule has 2 aliphatic rings. The van der Waals surface area contributed by atoms with Crippen molar-refractivity contribution in [3.63, 3.8) is 0 Å². The van der Waals surface area contributed by atoms with E-state index in [1.54, 1.807) is 0 Å². The van der Waals surface area contributed by atoms with E-state index in [1.165, 1.54) is 71.1 Å². The molecule has 1 N–H and O–H groups in total. The van der Waals surface area contributed by atoms with Gasteiger partial charge in [0.05, 0.1) is 0 Å². The second kappa shape index (κ2) is 6.61. The van der Waals surface area contributed by atoms with Gasteiger partial charge >= 0.3 is 0 Å². The molecule has 1 aliphatic carbocycles. The number of rotatable bonds is 5. The van der Waals surface area contributed by atoms with Crippen LogP contribution in [-0.4, -0.2) is 37.1 Å². The Labute approximate surface area is 101 Å². The van der Waals surface area contributed by atoms with E-state index in [0.717, 1.165) is 12.0 Å². The number of hydrogen-bond acceptors (Lipinski definition) is 2. The van der Waals surface area contributed by atoms with Gasteiger partial charge in [-0.15, -0.1) is 0 Å². The zero-order valence-electron chi connectivity index (χ0n) is 10.9. The summed E-state index contributed by atoms with van der Waals surface area (Å²) in [6.07, 6.45) is 10.0. The highest BCUT2D eigenvalue weighted by Crippen LogP contribution is 2.19. The van der Waals surface area contributed by atoms with Gasteiger partial charge in [-0.25, -0.2) is 0 Å². The van der Waals surface area contributed by atoms with Crippen LogP contribution in [0.2, 0.25) is 0 Å². The van der Waals surface area contributed by atoms with Gasteiger partial charge in [0.1, 0.15) is 0 Å². The molecule has 0 spiro atoms. The third-order valence-electron chi connectivity index (χ3n) is 3.85. The van der Waals surface area contributed by atoms with E-state index in [4.69, 9.17) is 0 Å². The van der Waals surface area contributed by atoms with Crippen molar-refractivity contribution in [2.24, 2.45) is 5.92 Å². The predicted molar refractivity (Wildman–Crippen MR) is 69.7 cm³/mol. The van der Waals surface area contributed by atoms with E-state index < -0.39 is 0 Å². The highest BCUT2D eigenvalue weighted by atomic mass is 15.1. The van der Waals surface area contributed by atoms with Crippen molar-refractivity contribution in [2.75, 3.05) is 26.2 Å². The van der Waals surface area contributed by atoms with Gasteiger partial charge in [-0.3, -0.25) is 0 Å². The molecule has 0 aromatic carbocycles. The molecule has 1 saturated heterocycles. The SMILES string of the molecule is CC(CNC1CC1)CN1CCCCCCC1. The van der Waals surface area contributed by atoms with Gasteiger partial charge in [-0.05, 0) is 51.2 Å². The van der Waals surface area contributed by atoms with E-state index in [0.29, 0.717) is 0 Å². The fourth-order valence-electron chi connectivity index (χ4n) is 2.66. The van der Waals surface area contributed by atoms with Crippen LogP contribution < -0.4 is 5.32 Å². The molecular weight excluding hydrogens is 196 g/mol. The summed E-state index contributed by atoms with van der Waals surface area (Å²) in [4.78, 5) is 2.69. The summed E-state index contributed by atoms with van der Waals surface area (Å²) in [6, 6.07) is 0.870. The van der Waals surface area contributed by atoms with E-state index in [2.05, 4.69) is 17.1 Å². The third-order valence-corrected chi connectivity index (χ3v) is 3.85. The van der Waals surface area contributed by atoms with Gasteiger partial charge in [-0.1, -0.05) is 26.2 Å². The average Bonchev–Trinajstić information content (AvgIpc) is 3.02. The molecule has 16 heavy (non-hydrogen) atoms. The Morgan fingerprint density at radius 2 is 1.69 bits per heavy atom. The lowest BCUT2D eigenvalue weighted by atomic mass is 10.1. The molecule has 1 saturated carbocycles. The number of hydrogen-bond donors (Lipinski definition) is 1. The van der Waals surface area contributed by atoms with Gasteiger partial charge in [0.25, 0.3) is 0 Å². The second-order valence-corrected chi connectivity index (χ2v) is 5.86. The van der Waals surface area contributed by atoms with Crippen LogP contribution in [-0.2, 0) is 0 Å². The van der Waals surface area contributed by atoms with Crippen molar-refractivity contribution >= 4 is 0 Å². The lowest BCUT2D eigenvalue weighted by molar-refractivity contribution is 0.215. The zero-order valence-corrected chi connectivity index (χ0v) is 10.9. The molecule has 0 radical (unpaired) electrons. The molecular formula is C14H28N2. The van der Waals surface area contributed by atoms with Crippen molar-refractivity contribution in [3.05, 3.63) is 0 Å². The lowest BCUT2D eigenvalue weighted by Crippen LogP contribution is -2.35. The molecule has 0 bridgehead atoms. The predicted octanol–water partition coefficient (Wildman–Crippen LogP) is 2.64. The van der Waals surface area contributed by atoms with Crippen molar-refractivity contribution < 1.29 is 0 Å². The van der Waals surface area contributed by atoms with Gasteiger partial charge in [0.15, 0.2) is 0 Å². The monoisotopic (exact) mass is 224 g/mol. The first-order chi connectivity index (χ1) is 7.84. The van der Waals surface area contributed by atoms with Crippen molar-refractivity contribution in [2.45, 2.75) is 57.9 Å². The smallest absolute Gasteiger partial charge is 0.00683 e. The highest BCUT2D eigenvalue weighted by Gasteiger charge is 2.21. The largest absolute Gasteiger partial charge is 0.314 e. The normalized spacial score (nSPS) is 26.1. The van der Waals surface area contributed by atoms with E-state index in [9.17, 15) is 0 Å². The van der Waals surface area contributed by atoms with Gasteiger partial charge in [0.2, 0.25) is 0 Å². The summed E-state index contributed by atoms with van der Waals surface area (Å²) < 4.78 is 0. The minimum Gasteiger partial charge on any atom is -0.314 e. The average molecular weight is 224 g/mol. The minimum absolute atomic E-state index is 0.819. The number of likely N-dealkylation sites (tertiary alicyclic amines) is 1. The summed E-state index contributed by atoms with van der Waals surface area (Å²) in [7, 11) is 0. The maximum absolute atomic E-state index is 3.65. The molecule has 2 nitrogen and oxygen atoms in total. The first-order valence-electron chi connectivity index (χ1n) is 7.30. The molecule has 0 aromatic rings. The molecule has 0 amide bonds. The molecule has 2 fully saturated rings. The van der Waals surface area contributed by atoms with Crippen LogP contribution in [0.1, 0.15) is 51.9 Å². The van der Waals surface area contributed by atoms with Crippen LogP contribution in [0.5, 0.6) is 0 Å². The molecule has 1 atom stereocenters. The van der Waals surface area contributed by atoms with Crippen molar-refractivity contribution in [3.8, 4) is 0 Å². The lowest BCUT2D eigenvalue weighted by Gasteiger charge is -2.27. The van der Waals surface area contributed by atoms with Crippen LogP contribution in [0.25, 0.3) is 0 Å². The highest BCUT2D eigenvalue weighted by molar-refractivity contribution is 4.81. The first-order valence-corrected chi connectivity index (χ1v) is 7.30. The maximum Gasteiger partial charge on any atom is 0.00683 e. The van der Waals surface area contributed by atoms with Crippen LogP contribution in [0.3, 0.4) is 0 Å². The number of nitrogens with one attached hydrogen (secondary N) is 1. The Hall–Kier alpha value is -0.0800. The zero-order chi connectivity index (χ0) is 11.2. The second-order valence-electron chi connectivity index (χ2n) is 5.86. The summed E-state index contributed by atoms with van der Waals surface area (Å²) >= 11 is 0. The van der Waals surface area contributed by atoms with Crippen molar-refractivity contribution in [1.29, 1.82) is 0 Å². The van der Waals surface area contributed by atoms with Crippen molar-refractivity contribution in [1.82, 2.24) is 10.2 Å². The van der Waals surface area contributed by atoms with E-state index >= 15 is 0 Å². The van der Waals surface area contributed by atoms with Crippen LogP contribution >= 0.6 is 0 Å². The molecule has 1 heterocycles. The fourth-order valence-corrected chi connectivity index (χ4v) is 2.66. The molecule has 1 aliphatic heterocycles. The van der Waals surface area contributed by atoms with Crippen LogP contribution in [0.15, 0.2) is 0 Å². The summed E-state index contributed by atoms with van der Waals surface area (Å²) in [5.74, 6) is 0.819. The van der Waals surface area contributed by atoms with E-state index in [-0.39, 0.29) is 0 Å². The Balaban J connectivity index is 1.60. The minimum atomic E-state index is 0.819. The maximum atomic E-state index is 3.65. The van der Waals surface area contributed by atoms with Gasteiger partial charge in [0, 0.05) is 12.6 Å². The van der Waals surface area contributed by atoms with Gasteiger partial charge < -0.3 is 10.2 Å². The Kier molecular flexibility index (Phi) is 5.11. The summed E-state index contributed by atoms with van der Waals surface area (Å²) in [5, 5.41) is 3.65. The Morgan fingerprint density at radius 3 is 2.31 bits per heavy atom. The Bertz CT molecular complexity index is 181. The molecule has 94 valence electrons. The number of nitrogens with zero attached hydrogens (tertiary/aromatic N) is 1. The fraction of sp³-hybridized carbons (Fsp3) is 1.00. The molecule has 0 aromatic heterocycles. The van der Waals surface area contributed by atoms with Crippen LogP contribution in [0, 0.1) is 5.92 Å². The molecule has 1 unspecified atom stereocenters. The third kappa shape index (κ3) is 4.84. The van der Waals surface area contributed by atoms with Crippen LogP contribution in [0.4, 0.5) is 0 Å². The standard InChI is InChI=1S/C14H28N2/c1-13(11-15-14-7-8-14)12-16-9-5-3-2-4-6-10-16/h13-15H,2-12H2,1H3.